The number of ether oxygens (including phenoxy) is 1. The van der Waals surface area contributed by atoms with Gasteiger partial charge in [-0.15, -0.1) is 0 Å². The van der Waals surface area contributed by atoms with Crippen LogP contribution in [-0.4, -0.2) is 11.7 Å². The zero-order valence-electron chi connectivity index (χ0n) is 14.1. The molecule has 0 bridgehead atoms. The van der Waals surface area contributed by atoms with E-state index in [2.05, 4.69) is 17.4 Å². The Labute approximate surface area is 148 Å². The second kappa shape index (κ2) is 9.02. The van der Waals surface area contributed by atoms with Crippen molar-refractivity contribution in [1.29, 1.82) is 0 Å². The Morgan fingerprint density at radius 2 is 1.28 bits per heavy atom. The molecule has 0 aliphatic heterocycles. The van der Waals surface area contributed by atoms with Crippen molar-refractivity contribution >= 4 is 0 Å². The first-order valence-electron chi connectivity index (χ1n) is 8.50. The van der Waals surface area contributed by atoms with Gasteiger partial charge < -0.3 is 15.2 Å². The molecule has 3 heteroatoms. The van der Waals surface area contributed by atoms with Crippen molar-refractivity contribution in [3.05, 3.63) is 102 Å². The fourth-order valence-corrected chi connectivity index (χ4v) is 2.60. The van der Waals surface area contributed by atoms with Gasteiger partial charge in [-0.3, -0.25) is 0 Å². The summed E-state index contributed by atoms with van der Waals surface area (Å²) in [6.07, 6.45) is -0.617. The van der Waals surface area contributed by atoms with Gasteiger partial charge in [-0.2, -0.15) is 0 Å². The molecule has 3 nitrogen and oxygen atoms in total. The van der Waals surface area contributed by atoms with Crippen LogP contribution in [-0.2, 0) is 13.1 Å². The largest absolute Gasteiger partial charge is 0.491 e. The molecule has 0 amide bonds. The Kier molecular flexibility index (Phi) is 6.21. The molecule has 1 atom stereocenters. The molecule has 128 valence electrons. The summed E-state index contributed by atoms with van der Waals surface area (Å²) in [7, 11) is 0. The third-order valence-corrected chi connectivity index (χ3v) is 4.02. The van der Waals surface area contributed by atoms with Crippen molar-refractivity contribution in [1.82, 2.24) is 5.32 Å². The van der Waals surface area contributed by atoms with Crippen LogP contribution < -0.4 is 10.1 Å². The summed E-state index contributed by atoms with van der Waals surface area (Å²) < 4.78 is 5.68. The average Bonchev–Trinajstić information content (AvgIpc) is 2.68. The van der Waals surface area contributed by atoms with Crippen LogP contribution in [0.4, 0.5) is 0 Å². The monoisotopic (exact) mass is 333 g/mol. The second-order valence-electron chi connectivity index (χ2n) is 5.97. The highest BCUT2D eigenvalue weighted by Crippen LogP contribution is 2.17. The van der Waals surface area contributed by atoms with E-state index in [1.54, 1.807) is 0 Å². The number of nitrogens with one attached hydrogen (secondary N) is 1. The predicted octanol–water partition coefficient (Wildman–Crippen LogP) is 4.09. The van der Waals surface area contributed by atoms with Crippen molar-refractivity contribution in [2.75, 3.05) is 6.61 Å². The molecule has 0 aromatic heterocycles. The van der Waals surface area contributed by atoms with E-state index in [9.17, 15) is 5.11 Å². The van der Waals surface area contributed by atoms with Gasteiger partial charge in [-0.25, -0.2) is 0 Å². The highest BCUT2D eigenvalue weighted by Gasteiger charge is 2.07. The first kappa shape index (κ1) is 17.2. The number of aliphatic hydroxyl groups excluding tert-OH is 1. The topological polar surface area (TPSA) is 41.5 Å². The molecule has 0 fully saturated rings. The fraction of sp³-hybridized carbons (Fsp3) is 0.182. The van der Waals surface area contributed by atoms with Gasteiger partial charge in [-0.05, 0) is 28.8 Å². The minimum absolute atomic E-state index is 0.246. The van der Waals surface area contributed by atoms with Crippen LogP contribution in [0.25, 0.3) is 0 Å². The molecule has 0 spiro atoms. The fourth-order valence-electron chi connectivity index (χ4n) is 2.60. The predicted molar refractivity (Wildman–Crippen MR) is 100 cm³/mol. The number of hydrogen-bond acceptors (Lipinski definition) is 3. The van der Waals surface area contributed by atoms with Crippen molar-refractivity contribution in [3.8, 4) is 5.75 Å². The average molecular weight is 333 g/mol. The van der Waals surface area contributed by atoms with Crippen LogP contribution in [0.1, 0.15) is 22.8 Å². The SMILES string of the molecule is O[C@@H](COc1ccc(CNCc2ccccc2)cc1)c1ccccc1. The zero-order chi connectivity index (χ0) is 17.3. The molecule has 25 heavy (non-hydrogen) atoms. The molecule has 0 saturated carbocycles. The minimum Gasteiger partial charge on any atom is -0.491 e. The normalized spacial score (nSPS) is 11.9. The molecule has 3 aromatic rings. The van der Waals surface area contributed by atoms with Crippen LogP contribution in [0.3, 0.4) is 0 Å². The van der Waals surface area contributed by atoms with E-state index < -0.39 is 6.10 Å². The summed E-state index contributed by atoms with van der Waals surface area (Å²) in [6.45, 7) is 1.90. The molecule has 0 saturated heterocycles. The maximum atomic E-state index is 10.1. The van der Waals surface area contributed by atoms with Crippen LogP contribution >= 0.6 is 0 Å². The molecule has 0 unspecified atom stereocenters. The van der Waals surface area contributed by atoms with Crippen LogP contribution in [0.5, 0.6) is 5.75 Å². The smallest absolute Gasteiger partial charge is 0.119 e. The summed E-state index contributed by atoms with van der Waals surface area (Å²) in [6, 6.07) is 27.9. The van der Waals surface area contributed by atoms with E-state index >= 15 is 0 Å². The number of hydrogen-bond donors (Lipinski definition) is 2. The summed E-state index contributed by atoms with van der Waals surface area (Å²) in [5.74, 6) is 0.766. The molecule has 3 aromatic carbocycles. The van der Waals surface area contributed by atoms with E-state index in [0.717, 1.165) is 24.4 Å². The third kappa shape index (κ3) is 5.45. The molecular weight excluding hydrogens is 310 g/mol. The number of benzene rings is 3. The van der Waals surface area contributed by atoms with Gasteiger partial charge in [-0.1, -0.05) is 72.8 Å². The highest BCUT2D eigenvalue weighted by atomic mass is 16.5. The zero-order valence-corrected chi connectivity index (χ0v) is 14.1. The molecule has 0 heterocycles. The van der Waals surface area contributed by atoms with Gasteiger partial charge >= 0.3 is 0 Å². The lowest BCUT2D eigenvalue weighted by Gasteiger charge is -2.13. The minimum atomic E-state index is -0.617. The van der Waals surface area contributed by atoms with E-state index in [0.29, 0.717) is 0 Å². The van der Waals surface area contributed by atoms with Gasteiger partial charge in [0, 0.05) is 13.1 Å². The molecule has 2 N–H and O–H groups in total. The molecular formula is C22H23NO2. The Morgan fingerprint density at radius 1 is 0.720 bits per heavy atom. The number of aliphatic hydroxyl groups is 1. The quantitative estimate of drug-likeness (QED) is 0.652. The van der Waals surface area contributed by atoms with Gasteiger partial charge in [0.15, 0.2) is 0 Å². The van der Waals surface area contributed by atoms with E-state index in [1.807, 2.05) is 72.8 Å². The maximum absolute atomic E-state index is 10.1. The summed E-state index contributed by atoms with van der Waals surface area (Å²) in [4.78, 5) is 0. The summed E-state index contributed by atoms with van der Waals surface area (Å²) >= 11 is 0. The Morgan fingerprint density at radius 3 is 1.92 bits per heavy atom. The molecule has 0 radical (unpaired) electrons. The van der Waals surface area contributed by atoms with E-state index in [4.69, 9.17) is 4.74 Å². The second-order valence-corrected chi connectivity index (χ2v) is 5.97. The first-order valence-corrected chi connectivity index (χ1v) is 8.50. The maximum Gasteiger partial charge on any atom is 0.119 e. The van der Waals surface area contributed by atoms with E-state index in [-0.39, 0.29) is 6.61 Å². The summed E-state index contributed by atoms with van der Waals surface area (Å²) in [5, 5.41) is 13.6. The van der Waals surface area contributed by atoms with Crippen LogP contribution in [0.2, 0.25) is 0 Å². The van der Waals surface area contributed by atoms with Crippen LogP contribution in [0.15, 0.2) is 84.9 Å². The standard InChI is InChI=1S/C22H23NO2/c24-22(20-9-5-2-6-10-20)17-25-21-13-11-19(12-14-21)16-23-15-18-7-3-1-4-8-18/h1-14,22-24H,15-17H2/t22-/m0/s1. The van der Waals surface area contributed by atoms with Gasteiger partial charge in [0.25, 0.3) is 0 Å². The molecule has 3 rings (SSSR count). The lowest BCUT2D eigenvalue weighted by atomic mass is 10.1. The van der Waals surface area contributed by atoms with Crippen LogP contribution in [0, 0.1) is 0 Å². The highest BCUT2D eigenvalue weighted by molar-refractivity contribution is 5.27. The van der Waals surface area contributed by atoms with E-state index in [1.165, 1.54) is 11.1 Å². The summed E-state index contributed by atoms with van der Waals surface area (Å²) in [5.41, 5.74) is 3.34. The van der Waals surface area contributed by atoms with Crippen molar-refractivity contribution in [2.45, 2.75) is 19.2 Å². The van der Waals surface area contributed by atoms with Gasteiger partial charge in [0.05, 0.1) is 0 Å². The van der Waals surface area contributed by atoms with Gasteiger partial charge in [0.1, 0.15) is 18.5 Å². The first-order chi connectivity index (χ1) is 12.3. The molecule has 0 aliphatic rings. The Balaban J connectivity index is 1.44. The van der Waals surface area contributed by atoms with Crippen molar-refractivity contribution in [2.24, 2.45) is 0 Å². The van der Waals surface area contributed by atoms with Crippen molar-refractivity contribution in [3.63, 3.8) is 0 Å². The lowest BCUT2D eigenvalue weighted by Crippen LogP contribution is -2.12. The Hall–Kier alpha value is -2.62. The number of rotatable bonds is 8. The molecule has 0 aliphatic carbocycles. The van der Waals surface area contributed by atoms with Crippen molar-refractivity contribution < 1.29 is 9.84 Å². The Bertz CT molecular complexity index is 742. The third-order valence-electron chi connectivity index (χ3n) is 4.02. The van der Waals surface area contributed by atoms with Gasteiger partial charge in [0.2, 0.25) is 0 Å². The lowest BCUT2D eigenvalue weighted by molar-refractivity contribution is 0.108.